The second-order valence-corrected chi connectivity index (χ2v) is 8.40. The Hall–Kier alpha value is -2.74. The zero-order valence-corrected chi connectivity index (χ0v) is 17.9. The molecule has 2 aromatic rings. The van der Waals surface area contributed by atoms with Crippen LogP contribution < -0.4 is 19.1 Å². The number of methoxy groups -OCH3 is 1. The molecule has 1 amide bonds. The maximum absolute atomic E-state index is 12.1. The van der Waals surface area contributed by atoms with Crippen LogP contribution in [0.15, 0.2) is 48.5 Å². The Labute approximate surface area is 172 Å². The fraction of sp³-hybridized carbons (Fsp3) is 0.381. The van der Waals surface area contributed by atoms with Crippen LogP contribution in [-0.2, 0) is 21.4 Å². The molecule has 0 aliphatic heterocycles. The van der Waals surface area contributed by atoms with Crippen LogP contribution in [0, 0.1) is 0 Å². The summed E-state index contributed by atoms with van der Waals surface area (Å²) in [6, 6.07) is 14.3. The number of hydrogen-bond donors (Lipinski definition) is 1. The number of sulfonamides is 1. The Bertz CT molecular complexity index is 880. The van der Waals surface area contributed by atoms with Gasteiger partial charge in [-0.15, -0.1) is 0 Å². The first-order chi connectivity index (χ1) is 13.8. The maximum Gasteiger partial charge on any atom is 0.232 e. The lowest BCUT2D eigenvalue weighted by Crippen LogP contribution is -2.32. The van der Waals surface area contributed by atoms with Crippen LogP contribution in [0.4, 0.5) is 5.69 Å². The van der Waals surface area contributed by atoms with E-state index in [1.165, 1.54) is 4.31 Å². The molecule has 8 heteroatoms. The summed E-state index contributed by atoms with van der Waals surface area (Å²) in [5.41, 5.74) is 1.51. The number of anilines is 1. The van der Waals surface area contributed by atoms with Gasteiger partial charge in [-0.1, -0.05) is 12.1 Å². The lowest BCUT2D eigenvalue weighted by Gasteiger charge is -2.22. The molecular formula is C21H28N2O5S. The minimum Gasteiger partial charge on any atom is -0.497 e. The van der Waals surface area contributed by atoms with Crippen LogP contribution in [0.2, 0.25) is 0 Å². The SMILES string of the molecule is CCOc1ccc(CNC(=O)CCCN(c2ccc(OC)cc2)S(C)(=O)=O)cc1. The number of carbonyl (C=O) groups is 1. The van der Waals surface area contributed by atoms with E-state index in [9.17, 15) is 13.2 Å². The minimum absolute atomic E-state index is 0.123. The first kappa shape index (κ1) is 22.5. The number of nitrogens with zero attached hydrogens (tertiary/aromatic N) is 1. The van der Waals surface area contributed by atoms with Gasteiger partial charge >= 0.3 is 0 Å². The average Bonchev–Trinajstić information content (AvgIpc) is 2.70. The van der Waals surface area contributed by atoms with Crippen molar-refractivity contribution < 1.29 is 22.7 Å². The summed E-state index contributed by atoms with van der Waals surface area (Å²) >= 11 is 0. The van der Waals surface area contributed by atoms with Gasteiger partial charge in [-0.3, -0.25) is 9.10 Å². The molecule has 158 valence electrons. The highest BCUT2D eigenvalue weighted by molar-refractivity contribution is 7.92. The van der Waals surface area contributed by atoms with Gasteiger partial charge < -0.3 is 14.8 Å². The average molecular weight is 421 g/mol. The summed E-state index contributed by atoms with van der Waals surface area (Å²) in [6.45, 7) is 3.17. The van der Waals surface area contributed by atoms with Gasteiger partial charge in [0.25, 0.3) is 0 Å². The Morgan fingerprint density at radius 1 is 1.03 bits per heavy atom. The maximum atomic E-state index is 12.1. The van der Waals surface area contributed by atoms with Crippen molar-refractivity contribution in [3.05, 3.63) is 54.1 Å². The Morgan fingerprint density at radius 3 is 2.21 bits per heavy atom. The molecule has 0 aliphatic carbocycles. The van der Waals surface area contributed by atoms with Gasteiger partial charge in [-0.05, 0) is 55.3 Å². The minimum atomic E-state index is -3.45. The summed E-state index contributed by atoms with van der Waals surface area (Å²) in [5.74, 6) is 1.32. The van der Waals surface area contributed by atoms with E-state index >= 15 is 0 Å². The molecule has 29 heavy (non-hydrogen) atoms. The molecule has 0 spiro atoms. The number of benzene rings is 2. The Balaban J connectivity index is 1.84. The summed E-state index contributed by atoms with van der Waals surface area (Å²) in [4.78, 5) is 12.1. The third-order valence-corrected chi connectivity index (χ3v) is 5.44. The second-order valence-electron chi connectivity index (χ2n) is 6.49. The molecule has 2 rings (SSSR count). The van der Waals surface area contributed by atoms with Crippen molar-refractivity contribution in [3.63, 3.8) is 0 Å². The van der Waals surface area contributed by atoms with Crippen LogP contribution in [0.3, 0.4) is 0 Å². The highest BCUT2D eigenvalue weighted by Crippen LogP contribution is 2.22. The van der Waals surface area contributed by atoms with Crippen molar-refractivity contribution >= 4 is 21.6 Å². The molecule has 0 radical (unpaired) electrons. The van der Waals surface area contributed by atoms with E-state index in [2.05, 4.69) is 5.32 Å². The fourth-order valence-corrected chi connectivity index (χ4v) is 3.74. The van der Waals surface area contributed by atoms with Crippen molar-refractivity contribution in [2.24, 2.45) is 0 Å². The number of rotatable bonds is 11. The van der Waals surface area contributed by atoms with E-state index < -0.39 is 10.0 Å². The molecule has 0 unspecified atom stereocenters. The lowest BCUT2D eigenvalue weighted by molar-refractivity contribution is -0.121. The first-order valence-electron chi connectivity index (χ1n) is 9.43. The Kier molecular flexibility index (Phi) is 8.33. The largest absolute Gasteiger partial charge is 0.497 e. The molecule has 7 nitrogen and oxygen atoms in total. The van der Waals surface area contributed by atoms with Crippen LogP contribution in [0.1, 0.15) is 25.3 Å². The molecule has 0 aliphatic rings. The van der Waals surface area contributed by atoms with Crippen LogP contribution >= 0.6 is 0 Å². The monoisotopic (exact) mass is 420 g/mol. The highest BCUT2D eigenvalue weighted by Gasteiger charge is 2.17. The quantitative estimate of drug-likeness (QED) is 0.604. The van der Waals surface area contributed by atoms with Crippen molar-refractivity contribution in [1.82, 2.24) is 5.32 Å². The van der Waals surface area contributed by atoms with Gasteiger partial charge in [-0.2, -0.15) is 0 Å². The third-order valence-electron chi connectivity index (χ3n) is 4.25. The number of hydrogen-bond acceptors (Lipinski definition) is 5. The summed E-state index contributed by atoms with van der Waals surface area (Å²) < 4.78 is 36.1. The molecule has 0 saturated heterocycles. The fourth-order valence-electron chi connectivity index (χ4n) is 2.78. The standard InChI is InChI=1S/C21H28N2O5S/c1-4-28-20-11-7-17(8-12-20)16-22-21(24)6-5-15-23(29(3,25)26)18-9-13-19(27-2)14-10-18/h7-14H,4-6,15-16H2,1-3H3,(H,22,24). The van der Waals surface area contributed by atoms with Crippen LogP contribution in [-0.4, -0.2) is 40.8 Å². The molecule has 2 aromatic carbocycles. The number of amides is 1. The van der Waals surface area contributed by atoms with Gasteiger partial charge in [0.05, 0.1) is 25.7 Å². The molecular weight excluding hydrogens is 392 g/mol. The zero-order chi connectivity index (χ0) is 21.3. The molecule has 1 N–H and O–H groups in total. The molecule has 0 saturated carbocycles. The summed E-state index contributed by atoms with van der Waals surface area (Å²) in [6.07, 6.45) is 1.80. The van der Waals surface area contributed by atoms with Gasteiger partial charge in [0.1, 0.15) is 11.5 Å². The molecule has 0 heterocycles. The van der Waals surface area contributed by atoms with Crippen LogP contribution in [0.5, 0.6) is 11.5 Å². The van der Waals surface area contributed by atoms with Crippen molar-refractivity contribution in [3.8, 4) is 11.5 Å². The van der Waals surface area contributed by atoms with E-state index in [4.69, 9.17) is 9.47 Å². The van der Waals surface area contributed by atoms with Gasteiger partial charge in [0, 0.05) is 19.5 Å². The van der Waals surface area contributed by atoms with Crippen molar-refractivity contribution in [2.75, 3.05) is 30.8 Å². The smallest absolute Gasteiger partial charge is 0.232 e. The van der Waals surface area contributed by atoms with E-state index in [0.29, 0.717) is 31.0 Å². The highest BCUT2D eigenvalue weighted by atomic mass is 32.2. The molecule has 0 fully saturated rings. The lowest BCUT2D eigenvalue weighted by atomic mass is 10.2. The van der Waals surface area contributed by atoms with E-state index in [0.717, 1.165) is 17.6 Å². The Morgan fingerprint density at radius 2 is 1.66 bits per heavy atom. The van der Waals surface area contributed by atoms with E-state index in [1.54, 1.807) is 31.4 Å². The predicted molar refractivity (Wildman–Crippen MR) is 114 cm³/mol. The van der Waals surface area contributed by atoms with Crippen molar-refractivity contribution in [2.45, 2.75) is 26.3 Å². The van der Waals surface area contributed by atoms with Gasteiger partial charge in [0.15, 0.2) is 0 Å². The molecule has 0 bridgehead atoms. The molecule has 0 aromatic heterocycles. The summed E-state index contributed by atoms with van der Waals surface area (Å²) in [7, 11) is -1.90. The summed E-state index contributed by atoms with van der Waals surface area (Å²) in [5, 5.41) is 2.85. The topological polar surface area (TPSA) is 84.9 Å². The number of ether oxygens (including phenoxy) is 2. The normalized spacial score (nSPS) is 11.0. The molecule has 0 atom stereocenters. The number of nitrogens with one attached hydrogen (secondary N) is 1. The first-order valence-corrected chi connectivity index (χ1v) is 11.3. The van der Waals surface area contributed by atoms with E-state index in [1.807, 2.05) is 31.2 Å². The number of carbonyl (C=O) groups excluding carboxylic acids is 1. The van der Waals surface area contributed by atoms with Gasteiger partial charge in [0.2, 0.25) is 15.9 Å². The van der Waals surface area contributed by atoms with Crippen LogP contribution in [0.25, 0.3) is 0 Å². The predicted octanol–water partition coefficient (Wildman–Crippen LogP) is 2.96. The van der Waals surface area contributed by atoms with E-state index in [-0.39, 0.29) is 18.9 Å². The zero-order valence-electron chi connectivity index (χ0n) is 17.1. The second kappa shape index (κ2) is 10.7. The van der Waals surface area contributed by atoms with Crippen molar-refractivity contribution in [1.29, 1.82) is 0 Å². The van der Waals surface area contributed by atoms with Gasteiger partial charge in [-0.25, -0.2) is 8.42 Å². The third kappa shape index (κ3) is 7.30.